The number of rotatable bonds is 6. The Kier molecular flexibility index (Phi) is 5.05. The number of hydrogen-bond donors (Lipinski definition) is 1. The Morgan fingerprint density at radius 3 is 2.29 bits per heavy atom. The Hall–Kier alpha value is -2.21. The summed E-state index contributed by atoms with van der Waals surface area (Å²) < 4.78 is 36.9. The second-order valence-corrected chi connectivity index (χ2v) is 4.55. The minimum Gasteiger partial charge on any atom is -0.489 e. The first-order valence-electron chi connectivity index (χ1n) is 6.18. The molecule has 0 amide bonds. The summed E-state index contributed by atoms with van der Waals surface area (Å²) in [4.78, 5) is 0.225. The molecule has 0 aliphatic carbocycles. The van der Waals surface area contributed by atoms with Gasteiger partial charge in [-0.25, -0.2) is 4.39 Å². The van der Waals surface area contributed by atoms with Gasteiger partial charge >= 0.3 is 0 Å². The van der Waals surface area contributed by atoms with E-state index in [9.17, 15) is 8.78 Å². The normalized spacial score (nSPS) is 10.2. The van der Waals surface area contributed by atoms with Gasteiger partial charge in [0, 0.05) is 0 Å². The number of thiocarbonyl (C=S) groups is 1. The maximum absolute atomic E-state index is 13.3. The van der Waals surface area contributed by atoms with E-state index in [0.717, 1.165) is 6.07 Å². The standard InChI is InChI=1S/C15H13F2NO2S/c16-11-5-3-7-13(14(11)17)20-9-8-19-12-6-2-1-4-10(12)15(18)21/h1-7H,8-9H2,(H2,18,21). The molecule has 0 fully saturated rings. The van der Waals surface area contributed by atoms with Crippen molar-refractivity contribution >= 4 is 17.2 Å². The molecule has 0 saturated heterocycles. The van der Waals surface area contributed by atoms with Crippen LogP contribution in [0.15, 0.2) is 42.5 Å². The van der Waals surface area contributed by atoms with E-state index >= 15 is 0 Å². The van der Waals surface area contributed by atoms with Crippen LogP contribution in [0.2, 0.25) is 0 Å². The minimum absolute atomic E-state index is 0.0615. The molecule has 0 unspecified atom stereocenters. The molecule has 2 rings (SSSR count). The van der Waals surface area contributed by atoms with Crippen LogP contribution >= 0.6 is 12.2 Å². The summed E-state index contributed by atoms with van der Waals surface area (Å²) in [6.45, 7) is 0.210. The molecule has 0 aliphatic heterocycles. The number of para-hydroxylation sites is 1. The molecule has 0 heterocycles. The van der Waals surface area contributed by atoms with Crippen LogP contribution in [0.5, 0.6) is 11.5 Å². The molecule has 2 N–H and O–H groups in total. The number of hydrogen-bond acceptors (Lipinski definition) is 3. The quantitative estimate of drug-likeness (QED) is 0.658. The van der Waals surface area contributed by atoms with Crippen molar-refractivity contribution in [2.24, 2.45) is 5.73 Å². The number of nitrogens with two attached hydrogens (primary N) is 1. The second kappa shape index (κ2) is 6.99. The topological polar surface area (TPSA) is 44.5 Å². The lowest BCUT2D eigenvalue weighted by Crippen LogP contribution is -2.14. The van der Waals surface area contributed by atoms with E-state index < -0.39 is 11.6 Å². The van der Waals surface area contributed by atoms with Gasteiger partial charge in [-0.05, 0) is 24.3 Å². The van der Waals surface area contributed by atoms with E-state index in [2.05, 4.69) is 0 Å². The molecule has 21 heavy (non-hydrogen) atoms. The zero-order chi connectivity index (χ0) is 15.2. The number of halogens is 2. The lowest BCUT2D eigenvalue weighted by molar-refractivity contribution is 0.209. The molecular formula is C15H13F2NO2S. The van der Waals surface area contributed by atoms with Crippen molar-refractivity contribution in [2.75, 3.05) is 13.2 Å². The third-order valence-corrected chi connectivity index (χ3v) is 2.89. The molecule has 0 atom stereocenters. The van der Waals surface area contributed by atoms with Crippen LogP contribution in [0, 0.1) is 11.6 Å². The monoisotopic (exact) mass is 309 g/mol. The van der Waals surface area contributed by atoms with Gasteiger partial charge in [0.25, 0.3) is 0 Å². The highest BCUT2D eigenvalue weighted by molar-refractivity contribution is 7.80. The predicted molar refractivity (Wildman–Crippen MR) is 79.7 cm³/mol. The van der Waals surface area contributed by atoms with Crippen LogP contribution in [0.1, 0.15) is 5.56 Å². The van der Waals surface area contributed by atoms with Crippen molar-refractivity contribution in [3.63, 3.8) is 0 Å². The molecule has 0 aromatic heterocycles. The smallest absolute Gasteiger partial charge is 0.200 e. The van der Waals surface area contributed by atoms with Crippen molar-refractivity contribution in [3.8, 4) is 11.5 Å². The highest BCUT2D eigenvalue weighted by Crippen LogP contribution is 2.20. The first kappa shape index (κ1) is 15.2. The Bertz CT molecular complexity index is 649. The fraction of sp³-hybridized carbons (Fsp3) is 0.133. The zero-order valence-corrected chi connectivity index (χ0v) is 11.8. The average Bonchev–Trinajstić information content (AvgIpc) is 2.48. The van der Waals surface area contributed by atoms with Gasteiger partial charge in [-0.2, -0.15) is 4.39 Å². The average molecular weight is 309 g/mol. The number of ether oxygens (including phenoxy) is 2. The third kappa shape index (κ3) is 3.88. The molecular weight excluding hydrogens is 296 g/mol. The van der Waals surface area contributed by atoms with Crippen LogP contribution in [-0.2, 0) is 0 Å². The van der Waals surface area contributed by atoms with E-state index in [1.807, 2.05) is 0 Å². The fourth-order valence-corrected chi connectivity index (χ4v) is 1.86. The SMILES string of the molecule is NC(=S)c1ccccc1OCCOc1cccc(F)c1F. The van der Waals surface area contributed by atoms with Crippen molar-refractivity contribution < 1.29 is 18.3 Å². The third-order valence-electron chi connectivity index (χ3n) is 2.67. The molecule has 6 heteroatoms. The van der Waals surface area contributed by atoms with Gasteiger partial charge in [0.2, 0.25) is 5.82 Å². The van der Waals surface area contributed by atoms with Gasteiger partial charge in [0.1, 0.15) is 24.0 Å². The van der Waals surface area contributed by atoms with E-state index in [1.165, 1.54) is 12.1 Å². The lowest BCUT2D eigenvalue weighted by atomic mass is 10.2. The largest absolute Gasteiger partial charge is 0.489 e. The molecule has 110 valence electrons. The van der Waals surface area contributed by atoms with Crippen LogP contribution < -0.4 is 15.2 Å². The Balaban J connectivity index is 1.91. The molecule has 2 aromatic carbocycles. The second-order valence-electron chi connectivity index (χ2n) is 4.11. The van der Waals surface area contributed by atoms with Gasteiger partial charge in [-0.15, -0.1) is 0 Å². The van der Waals surface area contributed by atoms with Gasteiger partial charge in [-0.1, -0.05) is 30.4 Å². The number of benzene rings is 2. The molecule has 0 saturated carbocycles. The Morgan fingerprint density at radius 1 is 0.952 bits per heavy atom. The van der Waals surface area contributed by atoms with Crippen molar-refractivity contribution in [2.45, 2.75) is 0 Å². The maximum Gasteiger partial charge on any atom is 0.200 e. The van der Waals surface area contributed by atoms with Crippen LogP contribution in [0.3, 0.4) is 0 Å². The van der Waals surface area contributed by atoms with Crippen molar-refractivity contribution in [3.05, 3.63) is 59.7 Å². The summed E-state index contributed by atoms with van der Waals surface area (Å²) in [5.74, 6) is -1.59. The van der Waals surface area contributed by atoms with Crippen molar-refractivity contribution in [1.82, 2.24) is 0 Å². The van der Waals surface area contributed by atoms with Gasteiger partial charge in [0.05, 0.1) is 5.56 Å². The van der Waals surface area contributed by atoms with E-state index in [-0.39, 0.29) is 24.0 Å². The molecule has 0 aliphatic rings. The molecule has 0 radical (unpaired) electrons. The summed E-state index contributed by atoms with van der Waals surface area (Å²) in [5.41, 5.74) is 6.19. The van der Waals surface area contributed by atoms with E-state index in [1.54, 1.807) is 24.3 Å². The Labute approximate surface area is 126 Å². The highest BCUT2D eigenvalue weighted by Gasteiger charge is 2.09. The molecule has 3 nitrogen and oxygen atoms in total. The first-order chi connectivity index (χ1) is 10.1. The molecule has 0 bridgehead atoms. The highest BCUT2D eigenvalue weighted by atomic mass is 32.1. The predicted octanol–water partition coefficient (Wildman–Crippen LogP) is 3.06. The fourth-order valence-electron chi connectivity index (χ4n) is 1.69. The van der Waals surface area contributed by atoms with Crippen molar-refractivity contribution in [1.29, 1.82) is 0 Å². The van der Waals surface area contributed by atoms with Gasteiger partial charge in [0.15, 0.2) is 11.6 Å². The maximum atomic E-state index is 13.3. The zero-order valence-electron chi connectivity index (χ0n) is 11.0. The summed E-state index contributed by atoms with van der Waals surface area (Å²) in [6.07, 6.45) is 0. The summed E-state index contributed by atoms with van der Waals surface area (Å²) in [5, 5.41) is 0. The lowest BCUT2D eigenvalue weighted by Gasteiger charge is -2.11. The van der Waals surface area contributed by atoms with Crippen LogP contribution in [0.25, 0.3) is 0 Å². The summed E-state index contributed by atoms with van der Waals surface area (Å²) in [7, 11) is 0. The van der Waals surface area contributed by atoms with Gasteiger partial charge < -0.3 is 15.2 Å². The van der Waals surface area contributed by atoms with Crippen LogP contribution in [0.4, 0.5) is 8.78 Å². The van der Waals surface area contributed by atoms with Crippen LogP contribution in [-0.4, -0.2) is 18.2 Å². The van der Waals surface area contributed by atoms with E-state index in [0.29, 0.717) is 11.3 Å². The molecule has 0 spiro atoms. The minimum atomic E-state index is -1.01. The summed E-state index contributed by atoms with van der Waals surface area (Å²) >= 11 is 4.91. The van der Waals surface area contributed by atoms with E-state index in [4.69, 9.17) is 27.4 Å². The van der Waals surface area contributed by atoms with Gasteiger partial charge in [-0.3, -0.25) is 0 Å². The molecule has 2 aromatic rings. The summed E-state index contributed by atoms with van der Waals surface area (Å²) in [6, 6.07) is 10.8. The Morgan fingerprint density at radius 2 is 1.57 bits per heavy atom. The first-order valence-corrected chi connectivity index (χ1v) is 6.59.